The van der Waals surface area contributed by atoms with Crippen LogP contribution in [-0.4, -0.2) is 10.4 Å². The lowest BCUT2D eigenvalue weighted by atomic mass is 9.98. The zero-order valence-electron chi connectivity index (χ0n) is 9.64. The molecule has 0 spiro atoms. The number of unbranched alkanes of at least 4 members (excludes halogenated alkanes) is 5. The molecule has 0 aliphatic heterocycles. The number of carboxylic acids is 1. The monoisotopic (exact) mass is 325 g/mol. The number of halogens is 1. The molecule has 0 rings (SSSR count). The maximum Gasteiger partial charge on any atom is 0.0445 e. The molecule has 0 aromatic carbocycles. The van der Waals surface area contributed by atoms with Gasteiger partial charge >= 0.3 is 0 Å². The van der Waals surface area contributed by atoms with Crippen molar-refractivity contribution in [3.05, 3.63) is 0 Å². The Morgan fingerprint density at radius 2 is 1.67 bits per heavy atom. The van der Waals surface area contributed by atoms with E-state index in [9.17, 15) is 9.90 Å². The molecule has 0 aromatic heterocycles. The van der Waals surface area contributed by atoms with Gasteiger partial charge in [-0.1, -0.05) is 61.6 Å². The zero-order chi connectivity index (χ0) is 11.5. The average molecular weight is 325 g/mol. The summed E-state index contributed by atoms with van der Waals surface area (Å²) < 4.78 is 1.25. The molecule has 3 heteroatoms. The second kappa shape index (κ2) is 10.7. The van der Waals surface area contributed by atoms with Crippen LogP contribution in [0, 0.1) is 5.92 Å². The molecule has 1 unspecified atom stereocenters. The van der Waals surface area contributed by atoms with E-state index in [1.807, 2.05) is 6.92 Å². The molecule has 0 N–H and O–H groups in total. The van der Waals surface area contributed by atoms with E-state index < -0.39 is 5.97 Å². The van der Waals surface area contributed by atoms with Gasteiger partial charge in [0.15, 0.2) is 0 Å². The van der Waals surface area contributed by atoms with E-state index in [2.05, 4.69) is 22.6 Å². The Hall–Kier alpha value is 0.200. The number of carboxylic acid groups (broad SMARTS) is 1. The van der Waals surface area contributed by atoms with Crippen molar-refractivity contribution in [2.24, 2.45) is 5.92 Å². The molecule has 2 nitrogen and oxygen atoms in total. The second-order valence-electron chi connectivity index (χ2n) is 4.02. The Bertz CT molecular complexity index is 160. The summed E-state index contributed by atoms with van der Waals surface area (Å²) in [6.45, 7) is 1.92. The summed E-state index contributed by atoms with van der Waals surface area (Å²) in [7, 11) is 0. The largest absolute Gasteiger partial charge is 0.550 e. The Kier molecular flexibility index (Phi) is 10.9. The fraction of sp³-hybridized carbons (Fsp3) is 0.917. The summed E-state index contributed by atoms with van der Waals surface area (Å²) in [5.41, 5.74) is 0. The van der Waals surface area contributed by atoms with Crippen LogP contribution in [0.1, 0.15) is 58.3 Å². The predicted octanol–water partition coefficient (Wildman–Crippen LogP) is 2.93. The summed E-state index contributed by atoms with van der Waals surface area (Å²) in [5.74, 6) is -1.10. The van der Waals surface area contributed by atoms with Crippen molar-refractivity contribution in [1.82, 2.24) is 0 Å². The highest BCUT2D eigenvalue weighted by molar-refractivity contribution is 14.1. The highest BCUT2D eigenvalue weighted by Crippen LogP contribution is 2.14. The highest BCUT2D eigenvalue weighted by Gasteiger charge is 2.05. The predicted molar refractivity (Wildman–Crippen MR) is 70.0 cm³/mol. The SMILES string of the molecule is CCC(CCCCCCCCI)C(=O)[O-]. The Morgan fingerprint density at radius 1 is 1.13 bits per heavy atom. The first-order chi connectivity index (χ1) is 7.22. The molecule has 0 aliphatic rings. The van der Waals surface area contributed by atoms with E-state index in [1.165, 1.54) is 36.5 Å². The van der Waals surface area contributed by atoms with Gasteiger partial charge in [0, 0.05) is 5.97 Å². The Balaban J connectivity index is 3.25. The van der Waals surface area contributed by atoms with Gasteiger partial charge in [-0.15, -0.1) is 0 Å². The Morgan fingerprint density at radius 3 is 2.13 bits per heavy atom. The molecule has 0 saturated heterocycles. The van der Waals surface area contributed by atoms with Crippen LogP contribution in [0.3, 0.4) is 0 Å². The lowest BCUT2D eigenvalue weighted by molar-refractivity contribution is -0.311. The molecule has 0 aromatic rings. The molecule has 1 atom stereocenters. The van der Waals surface area contributed by atoms with Gasteiger partial charge < -0.3 is 9.90 Å². The van der Waals surface area contributed by atoms with Gasteiger partial charge in [0.1, 0.15) is 0 Å². The highest BCUT2D eigenvalue weighted by atomic mass is 127. The third-order valence-electron chi connectivity index (χ3n) is 2.76. The molecule has 90 valence electrons. The van der Waals surface area contributed by atoms with Gasteiger partial charge in [-0.3, -0.25) is 0 Å². The summed E-state index contributed by atoms with van der Waals surface area (Å²) in [6, 6.07) is 0. The van der Waals surface area contributed by atoms with Crippen molar-refractivity contribution >= 4 is 28.6 Å². The van der Waals surface area contributed by atoms with E-state index in [4.69, 9.17) is 0 Å². The minimum absolute atomic E-state index is 0.223. The zero-order valence-corrected chi connectivity index (χ0v) is 11.8. The fourth-order valence-electron chi connectivity index (χ4n) is 1.68. The number of alkyl halides is 1. The lowest BCUT2D eigenvalue weighted by Gasteiger charge is -2.15. The van der Waals surface area contributed by atoms with Crippen molar-refractivity contribution in [1.29, 1.82) is 0 Å². The van der Waals surface area contributed by atoms with Crippen LogP contribution in [0.4, 0.5) is 0 Å². The van der Waals surface area contributed by atoms with E-state index >= 15 is 0 Å². The van der Waals surface area contributed by atoms with Crippen molar-refractivity contribution in [2.75, 3.05) is 4.43 Å². The summed E-state index contributed by atoms with van der Waals surface area (Å²) >= 11 is 2.40. The standard InChI is InChI=1S/C12H23IO2/c1-2-11(12(14)15)9-7-5-3-4-6-8-10-13/h11H,2-10H2,1H3,(H,14,15)/p-1. The summed E-state index contributed by atoms with van der Waals surface area (Å²) in [5, 5.41) is 10.6. The third-order valence-corrected chi connectivity index (χ3v) is 3.53. The normalized spacial score (nSPS) is 12.7. The van der Waals surface area contributed by atoms with Crippen LogP contribution < -0.4 is 5.11 Å². The van der Waals surface area contributed by atoms with Crippen molar-refractivity contribution in [2.45, 2.75) is 58.3 Å². The first-order valence-electron chi connectivity index (χ1n) is 5.99. The number of aliphatic carboxylic acids is 1. The third kappa shape index (κ3) is 9.15. The number of hydrogen-bond acceptors (Lipinski definition) is 2. The van der Waals surface area contributed by atoms with Gasteiger partial charge in [-0.2, -0.15) is 0 Å². The van der Waals surface area contributed by atoms with E-state index in [-0.39, 0.29) is 5.92 Å². The summed E-state index contributed by atoms with van der Waals surface area (Å²) in [6.07, 6.45) is 8.90. The molecule has 0 aliphatic carbocycles. The van der Waals surface area contributed by atoms with Crippen molar-refractivity contribution < 1.29 is 9.90 Å². The smallest absolute Gasteiger partial charge is 0.0445 e. The van der Waals surface area contributed by atoms with Crippen LogP contribution in [-0.2, 0) is 4.79 Å². The molecule has 0 fully saturated rings. The van der Waals surface area contributed by atoms with Crippen LogP contribution >= 0.6 is 22.6 Å². The number of carbonyl (C=O) groups is 1. The van der Waals surface area contributed by atoms with Gasteiger partial charge in [-0.05, 0) is 29.6 Å². The molecule has 0 heterocycles. The quantitative estimate of drug-likeness (QED) is 0.352. The molecule has 0 radical (unpaired) electrons. The number of hydrogen-bond donors (Lipinski definition) is 0. The molecule has 0 bridgehead atoms. The van der Waals surface area contributed by atoms with Gasteiger partial charge in [-0.25, -0.2) is 0 Å². The fourth-order valence-corrected chi connectivity index (χ4v) is 2.22. The molecule has 0 saturated carbocycles. The number of carbonyl (C=O) groups excluding carboxylic acids is 1. The maximum absolute atomic E-state index is 10.6. The second-order valence-corrected chi connectivity index (χ2v) is 5.10. The van der Waals surface area contributed by atoms with E-state index in [0.29, 0.717) is 6.42 Å². The van der Waals surface area contributed by atoms with Gasteiger partial charge in [0.25, 0.3) is 0 Å². The maximum atomic E-state index is 10.6. The van der Waals surface area contributed by atoms with Crippen molar-refractivity contribution in [3.63, 3.8) is 0 Å². The van der Waals surface area contributed by atoms with Crippen LogP contribution in [0.15, 0.2) is 0 Å². The van der Waals surface area contributed by atoms with Crippen LogP contribution in [0.5, 0.6) is 0 Å². The molecule has 0 amide bonds. The van der Waals surface area contributed by atoms with Crippen molar-refractivity contribution in [3.8, 4) is 0 Å². The van der Waals surface area contributed by atoms with Crippen LogP contribution in [0.25, 0.3) is 0 Å². The number of rotatable bonds is 10. The van der Waals surface area contributed by atoms with Gasteiger partial charge in [0.2, 0.25) is 0 Å². The van der Waals surface area contributed by atoms with E-state index in [0.717, 1.165) is 12.8 Å². The van der Waals surface area contributed by atoms with Gasteiger partial charge in [0.05, 0.1) is 0 Å². The van der Waals surface area contributed by atoms with Crippen LogP contribution in [0.2, 0.25) is 0 Å². The topological polar surface area (TPSA) is 40.1 Å². The molecule has 15 heavy (non-hydrogen) atoms. The summed E-state index contributed by atoms with van der Waals surface area (Å²) in [4.78, 5) is 10.6. The molecular weight excluding hydrogens is 303 g/mol. The Labute approximate surface area is 107 Å². The average Bonchev–Trinajstić information content (AvgIpc) is 2.21. The lowest BCUT2D eigenvalue weighted by Crippen LogP contribution is -2.30. The minimum Gasteiger partial charge on any atom is -0.550 e. The first kappa shape index (κ1) is 15.2. The minimum atomic E-state index is -0.873. The van der Waals surface area contributed by atoms with E-state index in [1.54, 1.807) is 0 Å². The first-order valence-corrected chi connectivity index (χ1v) is 7.51. The molecular formula is C12H22IO2-.